The van der Waals surface area contributed by atoms with Crippen molar-refractivity contribution in [2.75, 3.05) is 13.1 Å². The minimum Gasteiger partial charge on any atom is -0.352 e. The van der Waals surface area contributed by atoms with Gasteiger partial charge >= 0.3 is 0 Å². The highest BCUT2D eigenvalue weighted by Crippen LogP contribution is 2.02. The van der Waals surface area contributed by atoms with Gasteiger partial charge in [-0.2, -0.15) is 5.10 Å². The van der Waals surface area contributed by atoms with Gasteiger partial charge < -0.3 is 10.2 Å². The molecule has 0 saturated carbocycles. The fourth-order valence-corrected chi connectivity index (χ4v) is 1.79. The second-order valence-electron chi connectivity index (χ2n) is 4.36. The van der Waals surface area contributed by atoms with Gasteiger partial charge in [0.25, 0.3) is 0 Å². The number of rotatable bonds is 7. The monoisotopic (exact) mass is 266 g/mol. The predicted molar refractivity (Wildman–Crippen MR) is 72.3 cm³/mol. The van der Waals surface area contributed by atoms with E-state index < -0.39 is 0 Å². The van der Waals surface area contributed by atoms with Crippen LogP contribution in [0.5, 0.6) is 0 Å². The fraction of sp³-hybridized carbons (Fsp3) is 0.615. The van der Waals surface area contributed by atoms with Gasteiger partial charge in [-0.1, -0.05) is 0 Å². The first-order valence-electron chi connectivity index (χ1n) is 6.61. The van der Waals surface area contributed by atoms with Crippen molar-refractivity contribution in [1.29, 1.82) is 0 Å². The van der Waals surface area contributed by atoms with Crippen molar-refractivity contribution in [2.45, 2.75) is 40.2 Å². The lowest BCUT2D eigenvalue weighted by atomic mass is 10.2. The third-order valence-corrected chi connectivity index (χ3v) is 3.09. The minimum atomic E-state index is -0.110. The van der Waals surface area contributed by atoms with E-state index in [0.717, 1.165) is 11.3 Å². The fourth-order valence-electron chi connectivity index (χ4n) is 1.79. The summed E-state index contributed by atoms with van der Waals surface area (Å²) in [4.78, 5) is 25.1. The normalized spacial score (nSPS) is 10.3. The van der Waals surface area contributed by atoms with E-state index in [1.165, 1.54) is 0 Å². The van der Waals surface area contributed by atoms with Gasteiger partial charge in [0.2, 0.25) is 11.8 Å². The average molecular weight is 266 g/mol. The van der Waals surface area contributed by atoms with E-state index in [1.54, 1.807) is 11.1 Å². The highest BCUT2D eigenvalue weighted by atomic mass is 16.2. The van der Waals surface area contributed by atoms with Crippen LogP contribution in [0.2, 0.25) is 0 Å². The molecule has 6 heteroatoms. The van der Waals surface area contributed by atoms with Crippen LogP contribution in [-0.4, -0.2) is 40.0 Å². The molecule has 0 unspecified atom stereocenters. The van der Waals surface area contributed by atoms with E-state index >= 15 is 0 Å². The number of aromatic nitrogens is 2. The van der Waals surface area contributed by atoms with Gasteiger partial charge in [0.15, 0.2) is 0 Å². The smallest absolute Gasteiger partial charge is 0.223 e. The topological polar surface area (TPSA) is 78.1 Å². The number of H-pyrrole nitrogens is 1. The third-order valence-electron chi connectivity index (χ3n) is 3.09. The van der Waals surface area contributed by atoms with Crippen LogP contribution < -0.4 is 5.32 Å². The molecule has 0 aliphatic heterocycles. The molecule has 2 N–H and O–H groups in total. The van der Waals surface area contributed by atoms with E-state index in [4.69, 9.17) is 0 Å². The molecule has 19 heavy (non-hydrogen) atoms. The van der Waals surface area contributed by atoms with Crippen molar-refractivity contribution in [3.05, 3.63) is 17.5 Å². The number of aryl methyl sites for hydroxylation is 1. The molecule has 0 fully saturated rings. The Balaban J connectivity index is 2.28. The first-order chi connectivity index (χ1) is 9.08. The average Bonchev–Trinajstić information content (AvgIpc) is 2.81. The highest BCUT2D eigenvalue weighted by molar-refractivity contribution is 5.83. The molecule has 0 saturated heterocycles. The van der Waals surface area contributed by atoms with Gasteiger partial charge in [0.1, 0.15) is 0 Å². The lowest BCUT2D eigenvalue weighted by Crippen LogP contribution is -2.32. The molecule has 0 aliphatic carbocycles. The molecule has 1 aromatic heterocycles. The Bertz CT molecular complexity index is 424. The molecule has 1 heterocycles. The van der Waals surface area contributed by atoms with Crippen LogP contribution in [0.15, 0.2) is 6.20 Å². The Kier molecular flexibility index (Phi) is 6.05. The number of hydrogen-bond acceptors (Lipinski definition) is 3. The molecule has 0 spiro atoms. The number of nitrogens with one attached hydrogen (secondary N) is 2. The maximum Gasteiger partial charge on any atom is 0.223 e. The van der Waals surface area contributed by atoms with Crippen LogP contribution >= 0.6 is 0 Å². The number of carbonyl (C=O) groups is 2. The molecular formula is C13H22N4O2. The summed E-state index contributed by atoms with van der Waals surface area (Å²) in [6.45, 7) is 7.58. The van der Waals surface area contributed by atoms with Crippen LogP contribution in [-0.2, 0) is 16.1 Å². The minimum absolute atomic E-state index is 0.0274. The molecule has 0 atom stereocenters. The Morgan fingerprint density at radius 1 is 1.32 bits per heavy atom. The first-order valence-corrected chi connectivity index (χ1v) is 6.61. The molecule has 0 bridgehead atoms. The van der Waals surface area contributed by atoms with Gasteiger partial charge in [-0.25, -0.2) is 0 Å². The lowest BCUT2D eigenvalue weighted by Gasteiger charge is -2.18. The van der Waals surface area contributed by atoms with Crippen LogP contribution in [0, 0.1) is 6.92 Å². The van der Waals surface area contributed by atoms with Crippen molar-refractivity contribution in [3.63, 3.8) is 0 Å². The number of carbonyl (C=O) groups excluding carboxylic acids is 2. The van der Waals surface area contributed by atoms with Gasteiger partial charge in [0, 0.05) is 43.7 Å². The molecule has 0 radical (unpaired) electrons. The zero-order chi connectivity index (χ0) is 14.3. The Morgan fingerprint density at radius 2 is 2.00 bits per heavy atom. The predicted octanol–water partition coefficient (Wildman–Crippen LogP) is 0.983. The van der Waals surface area contributed by atoms with E-state index in [9.17, 15) is 9.59 Å². The molecule has 2 amide bonds. The van der Waals surface area contributed by atoms with Crippen molar-refractivity contribution in [3.8, 4) is 0 Å². The van der Waals surface area contributed by atoms with E-state index in [-0.39, 0.29) is 24.7 Å². The second kappa shape index (κ2) is 7.56. The Labute approximate surface area is 113 Å². The van der Waals surface area contributed by atoms with Gasteiger partial charge in [-0.3, -0.25) is 14.7 Å². The summed E-state index contributed by atoms with van der Waals surface area (Å²) in [6, 6.07) is 0. The van der Waals surface area contributed by atoms with E-state index in [1.807, 2.05) is 20.8 Å². The van der Waals surface area contributed by atoms with Crippen molar-refractivity contribution in [1.82, 2.24) is 20.4 Å². The molecule has 106 valence electrons. The maximum absolute atomic E-state index is 11.7. The van der Waals surface area contributed by atoms with Crippen molar-refractivity contribution in [2.24, 2.45) is 0 Å². The number of amides is 2. The molecule has 0 aliphatic rings. The highest BCUT2D eigenvalue weighted by Gasteiger charge is 2.12. The number of nitrogens with zero attached hydrogens (tertiary/aromatic N) is 2. The molecule has 6 nitrogen and oxygen atoms in total. The van der Waals surface area contributed by atoms with E-state index in [0.29, 0.717) is 19.6 Å². The second-order valence-corrected chi connectivity index (χ2v) is 4.36. The van der Waals surface area contributed by atoms with Crippen LogP contribution in [0.1, 0.15) is 37.9 Å². The molecule has 1 aromatic rings. The standard InChI is InChI=1S/C13H22N4O2/c1-4-17(5-2)13(19)7-6-12(18)14-8-11-9-15-16-10(11)3/h9H,4-8H2,1-3H3,(H,14,18)(H,15,16). The Hall–Kier alpha value is -1.85. The van der Waals surface area contributed by atoms with Crippen LogP contribution in [0.25, 0.3) is 0 Å². The molecular weight excluding hydrogens is 244 g/mol. The summed E-state index contributed by atoms with van der Waals surface area (Å²) in [5, 5.41) is 9.48. The van der Waals surface area contributed by atoms with Crippen LogP contribution in [0.3, 0.4) is 0 Å². The summed E-state index contributed by atoms with van der Waals surface area (Å²) in [5.74, 6) is -0.0826. The number of aromatic amines is 1. The van der Waals surface area contributed by atoms with Gasteiger partial charge in [0.05, 0.1) is 6.20 Å². The summed E-state index contributed by atoms with van der Waals surface area (Å²) < 4.78 is 0. The molecule has 0 aromatic carbocycles. The molecule has 1 rings (SSSR count). The van der Waals surface area contributed by atoms with Crippen molar-refractivity contribution >= 4 is 11.8 Å². The van der Waals surface area contributed by atoms with Crippen molar-refractivity contribution < 1.29 is 9.59 Å². The largest absolute Gasteiger partial charge is 0.352 e. The van der Waals surface area contributed by atoms with Gasteiger partial charge in [-0.15, -0.1) is 0 Å². The third kappa shape index (κ3) is 4.73. The lowest BCUT2D eigenvalue weighted by molar-refractivity contribution is -0.133. The summed E-state index contributed by atoms with van der Waals surface area (Å²) >= 11 is 0. The maximum atomic E-state index is 11.7. The SMILES string of the molecule is CCN(CC)C(=O)CCC(=O)NCc1cn[nH]c1C. The summed E-state index contributed by atoms with van der Waals surface area (Å²) in [6.07, 6.45) is 2.18. The van der Waals surface area contributed by atoms with E-state index in [2.05, 4.69) is 15.5 Å². The summed E-state index contributed by atoms with van der Waals surface area (Å²) in [5.41, 5.74) is 1.91. The van der Waals surface area contributed by atoms with Crippen LogP contribution in [0.4, 0.5) is 0 Å². The number of hydrogen-bond donors (Lipinski definition) is 2. The zero-order valence-electron chi connectivity index (χ0n) is 11.8. The van der Waals surface area contributed by atoms with Gasteiger partial charge in [-0.05, 0) is 20.8 Å². The zero-order valence-corrected chi connectivity index (χ0v) is 11.8. The first kappa shape index (κ1) is 15.2. The Morgan fingerprint density at radius 3 is 2.53 bits per heavy atom. The quantitative estimate of drug-likeness (QED) is 0.772. The summed E-state index contributed by atoms with van der Waals surface area (Å²) in [7, 11) is 0.